The first-order chi connectivity index (χ1) is 14.1. The molecule has 1 aromatic carbocycles. The Morgan fingerprint density at radius 2 is 2.21 bits per heavy atom. The van der Waals surface area contributed by atoms with Gasteiger partial charge >= 0.3 is 0 Å². The Morgan fingerprint density at radius 1 is 1.34 bits per heavy atom. The number of carbonyl (C=O) groups is 1. The fourth-order valence-corrected chi connectivity index (χ4v) is 3.56. The lowest BCUT2D eigenvalue weighted by Crippen LogP contribution is -2.44. The minimum Gasteiger partial charge on any atom is -0.357 e. The number of anilines is 1. The Balaban J connectivity index is 1.63. The zero-order chi connectivity index (χ0) is 20.6. The van der Waals surface area contributed by atoms with Gasteiger partial charge in [0, 0.05) is 44.5 Å². The lowest BCUT2D eigenvalue weighted by atomic mass is 10.1. The number of benzene rings is 1. The van der Waals surface area contributed by atoms with Gasteiger partial charge in [0.05, 0.1) is 11.6 Å². The largest absolute Gasteiger partial charge is 0.357 e. The summed E-state index contributed by atoms with van der Waals surface area (Å²) in [5.74, 6) is 1.49. The van der Waals surface area contributed by atoms with Crippen LogP contribution in [0.1, 0.15) is 29.3 Å². The van der Waals surface area contributed by atoms with Gasteiger partial charge in [-0.2, -0.15) is 0 Å². The first kappa shape index (κ1) is 20.9. The van der Waals surface area contributed by atoms with Crippen LogP contribution in [0.2, 0.25) is 5.02 Å². The van der Waals surface area contributed by atoms with Crippen molar-refractivity contribution in [2.75, 3.05) is 31.6 Å². The summed E-state index contributed by atoms with van der Waals surface area (Å²) >= 11 is 6.28. The predicted molar refractivity (Wildman–Crippen MR) is 118 cm³/mol. The number of aromatic nitrogens is 1. The van der Waals surface area contributed by atoms with Gasteiger partial charge in [-0.25, -0.2) is 9.98 Å². The number of pyridine rings is 1. The van der Waals surface area contributed by atoms with Gasteiger partial charge in [-0.3, -0.25) is 4.79 Å². The van der Waals surface area contributed by atoms with E-state index >= 15 is 0 Å². The van der Waals surface area contributed by atoms with E-state index in [-0.39, 0.29) is 11.9 Å². The Labute approximate surface area is 176 Å². The van der Waals surface area contributed by atoms with Gasteiger partial charge in [0.25, 0.3) is 5.91 Å². The number of amides is 1. The summed E-state index contributed by atoms with van der Waals surface area (Å²) in [6.45, 7) is 5.00. The van der Waals surface area contributed by atoms with Crippen molar-refractivity contribution in [3.63, 3.8) is 0 Å². The summed E-state index contributed by atoms with van der Waals surface area (Å²) in [6, 6.07) is 11.5. The molecule has 1 fully saturated rings. The molecule has 0 radical (unpaired) electrons. The Bertz CT molecular complexity index is 872. The average Bonchev–Trinajstić information content (AvgIpc) is 3.20. The zero-order valence-electron chi connectivity index (χ0n) is 16.8. The molecule has 154 valence electrons. The van der Waals surface area contributed by atoms with Crippen LogP contribution in [-0.4, -0.2) is 49.6 Å². The molecule has 0 saturated carbocycles. The van der Waals surface area contributed by atoms with Crippen molar-refractivity contribution in [2.24, 2.45) is 4.99 Å². The smallest absolute Gasteiger partial charge is 0.251 e. The van der Waals surface area contributed by atoms with Gasteiger partial charge in [-0.15, -0.1) is 0 Å². The van der Waals surface area contributed by atoms with Crippen molar-refractivity contribution in [1.82, 2.24) is 20.9 Å². The van der Waals surface area contributed by atoms with Crippen LogP contribution < -0.4 is 20.9 Å². The molecule has 0 aliphatic carbocycles. The highest BCUT2D eigenvalue weighted by molar-refractivity contribution is 6.32. The third-order valence-corrected chi connectivity index (χ3v) is 5.04. The van der Waals surface area contributed by atoms with Crippen molar-refractivity contribution >= 4 is 29.3 Å². The second kappa shape index (κ2) is 10.1. The zero-order valence-corrected chi connectivity index (χ0v) is 17.5. The molecule has 0 spiro atoms. The van der Waals surface area contributed by atoms with Crippen LogP contribution in [0.25, 0.3) is 0 Å². The van der Waals surface area contributed by atoms with E-state index in [2.05, 4.69) is 25.8 Å². The van der Waals surface area contributed by atoms with E-state index in [1.165, 1.54) is 0 Å². The van der Waals surface area contributed by atoms with E-state index in [4.69, 9.17) is 16.6 Å². The number of halogens is 1. The highest BCUT2D eigenvalue weighted by Gasteiger charge is 2.25. The van der Waals surface area contributed by atoms with Crippen molar-refractivity contribution in [3.8, 4) is 0 Å². The van der Waals surface area contributed by atoms with Crippen molar-refractivity contribution in [1.29, 1.82) is 0 Å². The number of hydrogen-bond donors (Lipinski definition) is 3. The van der Waals surface area contributed by atoms with E-state index in [0.717, 1.165) is 43.4 Å². The van der Waals surface area contributed by atoms with E-state index in [1.807, 2.05) is 37.3 Å². The fraction of sp³-hybridized carbons (Fsp3) is 0.381. The third-order valence-electron chi connectivity index (χ3n) is 4.75. The van der Waals surface area contributed by atoms with Gasteiger partial charge in [0.1, 0.15) is 5.82 Å². The van der Waals surface area contributed by atoms with Gasteiger partial charge in [-0.1, -0.05) is 23.7 Å². The second-order valence-electron chi connectivity index (χ2n) is 6.86. The number of nitrogens with zero attached hydrogens (tertiary/aromatic N) is 3. The molecule has 3 N–H and O–H groups in total. The maximum atomic E-state index is 11.8. The molecule has 1 unspecified atom stereocenters. The van der Waals surface area contributed by atoms with E-state index in [0.29, 0.717) is 17.1 Å². The maximum absolute atomic E-state index is 11.8. The lowest BCUT2D eigenvalue weighted by Gasteiger charge is -2.20. The van der Waals surface area contributed by atoms with Crippen LogP contribution in [0.3, 0.4) is 0 Å². The summed E-state index contributed by atoms with van der Waals surface area (Å²) in [6.07, 6.45) is 2.74. The van der Waals surface area contributed by atoms with Gasteiger partial charge in [0.15, 0.2) is 5.96 Å². The minimum absolute atomic E-state index is 0.0971. The van der Waals surface area contributed by atoms with E-state index in [9.17, 15) is 4.79 Å². The molecule has 2 aromatic rings. The molecule has 29 heavy (non-hydrogen) atoms. The van der Waals surface area contributed by atoms with Gasteiger partial charge in [0.2, 0.25) is 0 Å². The topological polar surface area (TPSA) is 81.6 Å². The maximum Gasteiger partial charge on any atom is 0.251 e. The number of rotatable bonds is 6. The van der Waals surface area contributed by atoms with E-state index < -0.39 is 0 Å². The molecule has 1 aliphatic heterocycles. The highest BCUT2D eigenvalue weighted by atomic mass is 35.5. The molecule has 2 heterocycles. The third kappa shape index (κ3) is 5.60. The monoisotopic (exact) mass is 414 g/mol. The Kier molecular flexibility index (Phi) is 7.30. The normalized spacial score (nSPS) is 16.6. The first-order valence-electron chi connectivity index (χ1n) is 9.82. The van der Waals surface area contributed by atoms with Crippen LogP contribution in [0.5, 0.6) is 0 Å². The Morgan fingerprint density at radius 3 is 2.97 bits per heavy atom. The van der Waals surface area contributed by atoms with Crippen LogP contribution in [-0.2, 0) is 6.54 Å². The lowest BCUT2D eigenvalue weighted by molar-refractivity contribution is 0.0963. The molecular weight excluding hydrogens is 388 g/mol. The van der Waals surface area contributed by atoms with Crippen LogP contribution in [0, 0.1) is 0 Å². The molecule has 3 rings (SSSR count). The number of carbonyl (C=O) groups excluding carboxylic acids is 1. The summed E-state index contributed by atoms with van der Waals surface area (Å²) in [4.78, 5) is 23.1. The molecule has 1 amide bonds. The molecule has 1 aromatic heterocycles. The van der Waals surface area contributed by atoms with Crippen molar-refractivity contribution in [2.45, 2.75) is 25.9 Å². The highest BCUT2D eigenvalue weighted by Crippen LogP contribution is 2.25. The summed E-state index contributed by atoms with van der Waals surface area (Å²) < 4.78 is 0. The number of aliphatic imine (C=N–C) groups is 1. The summed E-state index contributed by atoms with van der Waals surface area (Å²) in [5.41, 5.74) is 1.62. The molecule has 1 aliphatic rings. The Hall–Kier alpha value is -2.80. The van der Waals surface area contributed by atoms with Crippen molar-refractivity contribution in [3.05, 3.63) is 58.7 Å². The molecule has 1 saturated heterocycles. The quantitative estimate of drug-likeness (QED) is 0.499. The SMILES string of the molecule is CCNC(=NCc1cccc(C(=O)NC)c1)NC1CCN(c2ncccc2Cl)C1. The average molecular weight is 415 g/mol. The van der Waals surface area contributed by atoms with Crippen molar-refractivity contribution < 1.29 is 4.79 Å². The first-order valence-corrected chi connectivity index (χ1v) is 10.2. The van der Waals surface area contributed by atoms with Gasteiger partial charge in [-0.05, 0) is 43.2 Å². The fourth-order valence-electron chi connectivity index (χ4n) is 3.32. The van der Waals surface area contributed by atoms with Crippen LogP contribution >= 0.6 is 11.6 Å². The predicted octanol–water partition coefficient (Wildman–Crippen LogP) is 2.43. The van der Waals surface area contributed by atoms with Crippen LogP contribution in [0.4, 0.5) is 5.82 Å². The molecular formula is C21H27ClN6O. The molecule has 7 nitrogen and oxygen atoms in total. The standard InChI is InChI=1S/C21H27ClN6O/c1-3-24-21(26-13-15-6-4-7-16(12-15)20(29)23-2)27-17-9-11-28(14-17)19-18(22)8-5-10-25-19/h4-8,10,12,17H,3,9,11,13-14H2,1-2H3,(H,23,29)(H2,24,26,27). The minimum atomic E-state index is -0.0971. The molecule has 1 atom stereocenters. The number of hydrogen-bond acceptors (Lipinski definition) is 4. The van der Waals surface area contributed by atoms with Crippen LogP contribution in [0.15, 0.2) is 47.6 Å². The number of guanidine groups is 1. The molecule has 0 bridgehead atoms. The number of nitrogens with one attached hydrogen (secondary N) is 3. The van der Waals surface area contributed by atoms with E-state index in [1.54, 1.807) is 19.3 Å². The molecule has 8 heteroatoms. The summed E-state index contributed by atoms with van der Waals surface area (Å²) in [5, 5.41) is 10.1. The summed E-state index contributed by atoms with van der Waals surface area (Å²) in [7, 11) is 1.63. The van der Waals surface area contributed by atoms with Gasteiger partial charge < -0.3 is 20.9 Å². The second-order valence-corrected chi connectivity index (χ2v) is 7.27.